The number of rotatable bonds is 18. The minimum absolute atomic E-state index is 0.0197. The number of nitro groups is 1. The Morgan fingerprint density at radius 3 is 1.12 bits per heavy atom. The second-order valence-electron chi connectivity index (χ2n) is 22.5. The summed E-state index contributed by atoms with van der Waals surface area (Å²) in [6.07, 6.45) is 1.84. The van der Waals surface area contributed by atoms with Gasteiger partial charge in [-0.05, 0) is 317 Å². The van der Waals surface area contributed by atoms with Gasteiger partial charge >= 0.3 is 11.8 Å². The Labute approximate surface area is 782 Å². The number of carboxylic acid groups (broad SMARTS) is 1. The molecular formula is C69H48Br7F7N26O18S2. The number of benzene rings is 7. The van der Waals surface area contributed by atoms with Gasteiger partial charge in [0, 0.05) is 34.1 Å². The van der Waals surface area contributed by atoms with Crippen LogP contribution in [-0.4, -0.2) is 156 Å². The zero-order valence-electron chi connectivity index (χ0n) is 64.4. The summed E-state index contributed by atoms with van der Waals surface area (Å²) in [5.74, 6) is -6.53. The van der Waals surface area contributed by atoms with E-state index >= 15 is 0 Å². The molecule has 0 aliphatic carbocycles. The monoisotopic (exact) mass is 2280 g/mol. The summed E-state index contributed by atoms with van der Waals surface area (Å²) in [6.45, 7) is 6.81. The van der Waals surface area contributed by atoms with Crippen LogP contribution in [0.4, 0.5) is 88.0 Å². The van der Waals surface area contributed by atoms with Crippen molar-refractivity contribution < 1.29 is 111 Å². The Kier molecular flexibility index (Phi) is 40.0. The van der Waals surface area contributed by atoms with E-state index in [0.717, 1.165) is 6.07 Å². The molecule has 0 aliphatic rings. The SMILES string of the molecule is COc1nonc1C(=Nc1ccc(F)c(Br)c1)SC.COc1nonc1C(=O)Nc1ccc(F)c(Br)c1.COc1nonc1C(=S)Nc1ccc(F)c(Br)c1.Nc1ccc(F)c(Br)c1.Nc1nonc1C(=O)Nc1ccc(F)c(Br)c1.Nc1nonc1C(=O)O.O=C(Nc1ccc(F)c(Br)c1)c1nonc1[N+](=O)[O-].[C-]#[N+]/N=C(\Nc1ccc(F)c(Br)c1)c1nonc1OC. The number of aromatic nitrogens is 14. The first-order valence-electron chi connectivity index (χ1n) is 33.4. The van der Waals surface area contributed by atoms with Crippen LogP contribution in [0.25, 0.3) is 4.95 Å². The molecule has 0 spiro atoms. The smallest absolute Gasteiger partial charge is 0.447 e. The molecule has 3 amide bonds. The highest BCUT2D eigenvalue weighted by molar-refractivity contribution is 9.11. The number of carboxylic acids is 1. The number of aromatic carboxylic acids is 1. The van der Waals surface area contributed by atoms with Gasteiger partial charge in [0.15, 0.2) is 5.16 Å². The second-order valence-corrected chi connectivity index (χ2v) is 29.7. The molecule has 0 atom stereocenters. The zero-order chi connectivity index (χ0) is 94.7. The van der Waals surface area contributed by atoms with Crippen LogP contribution in [0.3, 0.4) is 0 Å². The van der Waals surface area contributed by atoms with E-state index in [1.165, 1.54) is 137 Å². The lowest BCUT2D eigenvalue weighted by molar-refractivity contribution is -0.391. The molecule has 0 unspecified atom stereocenters. The van der Waals surface area contributed by atoms with Crippen LogP contribution in [0.5, 0.6) is 23.5 Å². The number of thioether (sulfide) groups is 1. The number of carbonyl (C=O) groups excluding carboxylic acids is 3. The maximum Gasteiger partial charge on any atom is 0.447 e. The Balaban J connectivity index is 0.000000204. The zero-order valence-corrected chi connectivity index (χ0v) is 77.1. The minimum atomic E-state index is -1.24. The third-order valence-electron chi connectivity index (χ3n) is 14.1. The van der Waals surface area contributed by atoms with Gasteiger partial charge in [-0.15, -0.1) is 21.3 Å². The van der Waals surface area contributed by atoms with Crippen LogP contribution in [0.15, 0.2) is 201 Å². The van der Waals surface area contributed by atoms with Crippen molar-refractivity contribution in [2.24, 2.45) is 10.1 Å². The summed E-state index contributed by atoms with van der Waals surface area (Å²) in [5.41, 5.74) is 18.7. The first kappa shape index (κ1) is 102. The van der Waals surface area contributed by atoms with E-state index in [-0.39, 0.29) is 115 Å². The standard InChI is InChI=1S/C11H7BrFN5O2.C11H9BrFN3O2S.C10H7BrFN3O3.C10H7BrFN3O2S.C9H4BrFN4O4.C9H6BrFN4O2.C6H5BrFN.C3H3N3O3/c1-14-16-10(9-11(19-2)18-20-17-9)15-6-3-4-8(13)7(12)5-6;1-17-10-9(15-18-16-10)11(19-2)14-6-3-4-8(13)7(12)5-6;1-17-10-8(14-18-15-10)9(16)13-5-2-3-7(12)6(11)4-5;1-16-9-8(14-17-15-9)10(18)13-5-2-3-7(12)6(11)4-5;10-5-3-4(1-2-6(5)11)12-9(16)7-8(15(17)18)14-19-13-7;10-5-3-4(1-2-6(5)11)13-9(16)7-8(12)15-17-14-7;7-5-3-4(9)1-2-6(5)8;4-2-1(3(7)8)5-9-6-2/h3-5H,2H3,(H,15,16);3-5H,1-2H3;2-4H,1H3,(H,13,16);2-4H,1H3,(H,13,18);1-3H,(H,12,16);1-3H,(H2,12,15)(H,13,16);1-3H,9H2;(H2,4,6)(H,7,8). The van der Waals surface area contributed by atoms with Crippen LogP contribution >= 0.6 is 135 Å². The van der Waals surface area contributed by atoms with Gasteiger partial charge < -0.3 is 78.0 Å². The average molecular weight is 2290 g/mol. The summed E-state index contributed by atoms with van der Waals surface area (Å²) in [4.78, 5) is 62.4. The second kappa shape index (κ2) is 50.5. The highest BCUT2D eigenvalue weighted by atomic mass is 79.9. The van der Waals surface area contributed by atoms with Crippen LogP contribution in [0, 0.1) is 57.4 Å². The van der Waals surface area contributed by atoms with E-state index in [1.54, 1.807) is 24.3 Å². The first-order valence-corrected chi connectivity index (χ1v) is 40.5. The molecule has 60 heteroatoms. The van der Waals surface area contributed by atoms with E-state index in [9.17, 15) is 60.0 Å². The molecule has 7 heterocycles. The molecule has 0 fully saturated rings. The summed E-state index contributed by atoms with van der Waals surface area (Å²) in [6, 6.07) is 29.3. The van der Waals surface area contributed by atoms with Gasteiger partial charge in [0.05, 0.1) is 65.4 Å². The fourth-order valence-electron chi connectivity index (χ4n) is 8.28. The number of amidine groups is 1. The number of nitrogen functional groups attached to an aromatic ring is 3. The third kappa shape index (κ3) is 30.7. The van der Waals surface area contributed by atoms with Gasteiger partial charge in [0.1, 0.15) is 55.9 Å². The van der Waals surface area contributed by atoms with Crippen LogP contribution < -0.4 is 62.7 Å². The molecular weight excluding hydrogens is 2240 g/mol. The van der Waals surface area contributed by atoms with Crippen molar-refractivity contribution in [3.8, 4) is 23.5 Å². The number of hydrogen-bond acceptors (Lipinski definition) is 38. The number of aliphatic imine (C=N–C) groups is 1. The van der Waals surface area contributed by atoms with Gasteiger partial charge in [-0.2, -0.15) is 6.57 Å². The van der Waals surface area contributed by atoms with E-state index in [1.807, 2.05) is 6.26 Å². The summed E-state index contributed by atoms with van der Waals surface area (Å²) < 4.78 is 143. The molecule has 0 aliphatic heterocycles. The highest BCUT2D eigenvalue weighted by Crippen LogP contribution is 2.31. The lowest BCUT2D eigenvalue weighted by Crippen LogP contribution is -2.14. The van der Waals surface area contributed by atoms with Crippen molar-refractivity contribution in [1.29, 1.82) is 0 Å². The number of nitrogens with zero attached hydrogens (tertiary/aromatic N) is 18. The van der Waals surface area contributed by atoms with Crippen molar-refractivity contribution in [1.82, 2.24) is 72.2 Å². The molecule has 0 saturated carbocycles. The number of thiocarbonyl (C=S) groups is 1. The Hall–Kier alpha value is -13.9. The van der Waals surface area contributed by atoms with Crippen molar-refractivity contribution in [2.75, 3.05) is 78.5 Å². The summed E-state index contributed by atoms with van der Waals surface area (Å²) >= 11 is 27.7. The number of ether oxygens (including phenoxy) is 4. The quantitative estimate of drug-likeness (QED) is 0.00563. The lowest BCUT2D eigenvalue weighted by atomic mass is 10.3. The van der Waals surface area contributed by atoms with Gasteiger partial charge in [0.2, 0.25) is 51.6 Å². The number of carbonyl (C=O) groups is 4. The number of amides is 3. The third-order valence-corrected chi connectivity index (χ3v) is 19.3. The Morgan fingerprint density at radius 1 is 0.434 bits per heavy atom. The van der Waals surface area contributed by atoms with Gasteiger partial charge in [-0.25, -0.2) is 68.3 Å². The van der Waals surface area contributed by atoms with E-state index < -0.39 is 63.4 Å². The maximum absolute atomic E-state index is 13.2. The lowest BCUT2D eigenvalue weighted by Gasteiger charge is -2.06. The summed E-state index contributed by atoms with van der Waals surface area (Å²) in [7, 11) is 5.62. The fourth-order valence-corrected chi connectivity index (χ4v) is 11.7. The normalized spacial score (nSPS) is 10.4. The van der Waals surface area contributed by atoms with Crippen molar-refractivity contribution >= 4 is 232 Å². The molecule has 672 valence electrons. The summed E-state index contributed by atoms with van der Waals surface area (Å²) in [5, 5.41) is 83.1. The molecule has 0 bridgehead atoms. The van der Waals surface area contributed by atoms with Crippen molar-refractivity contribution in [2.45, 2.75) is 0 Å². The minimum Gasteiger partial charge on any atom is -0.477 e. The average Bonchev–Trinajstić information content (AvgIpc) is 1.72. The van der Waals surface area contributed by atoms with Crippen LogP contribution in [0.2, 0.25) is 0 Å². The number of hydrogen-bond donors (Lipinski definition) is 9. The molecule has 7 aromatic heterocycles. The first-order chi connectivity index (χ1) is 61.5. The largest absolute Gasteiger partial charge is 0.477 e. The fraction of sp³-hybridized carbons (Fsp3) is 0.0725. The number of halogens is 14. The molecule has 14 aromatic rings. The van der Waals surface area contributed by atoms with E-state index in [0.29, 0.717) is 58.3 Å². The molecule has 0 saturated heterocycles. The number of anilines is 8. The van der Waals surface area contributed by atoms with Gasteiger partial charge in [0.25, 0.3) is 46.9 Å². The van der Waals surface area contributed by atoms with E-state index in [4.69, 9.17) is 60.0 Å². The maximum atomic E-state index is 13.2. The Bertz CT molecular complexity index is 6290. The highest BCUT2D eigenvalue weighted by Gasteiger charge is 2.30. The predicted octanol–water partition coefficient (Wildman–Crippen LogP) is 16.6. The van der Waals surface area contributed by atoms with Crippen molar-refractivity contribution in [3.63, 3.8) is 0 Å². The Morgan fingerprint density at radius 2 is 0.752 bits per heavy atom. The van der Waals surface area contributed by atoms with Gasteiger partial charge in [-0.3, -0.25) is 14.4 Å². The number of nitrogens with two attached hydrogens (primary N) is 3. The van der Waals surface area contributed by atoms with E-state index in [2.05, 4.69) is 258 Å². The molecule has 7 aromatic carbocycles. The molecule has 44 nitrogen and oxygen atoms in total. The van der Waals surface area contributed by atoms with Crippen LogP contribution in [0.1, 0.15) is 59.0 Å². The van der Waals surface area contributed by atoms with Crippen LogP contribution in [-0.2, 0) is 0 Å². The molecule has 12 N–H and O–H groups in total. The molecule has 129 heavy (non-hydrogen) atoms. The van der Waals surface area contributed by atoms with Gasteiger partial charge in [-0.1, -0.05) is 12.2 Å². The van der Waals surface area contributed by atoms with Crippen molar-refractivity contribution in [3.05, 3.63) is 261 Å². The number of methoxy groups -OCH3 is 4. The number of nitrogens with one attached hydrogen (secondary N) is 5. The molecule has 14 rings (SSSR count). The topological polar surface area (TPSA) is 608 Å². The predicted molar refractivity (Wildman–Crippen MR) is 468 cm³/mol. The molecule has 0 radical (unpaired) electrons.